The molecule has 0 amide bonds. The largest absolute Gasteiger partial charge is 0.294 e. The Balaban J connectivity index is 2.96. The first-order chi connectivity index (χ1) is 4.63. The molecule has 0 N–H and O–H groups in total. The molecule has 0 aromatic carbocycles. The van der Waals surface area contributed by atoms with Crippen LogP contribution in [0.5, 0.6) is 0 Å². The Labute approximate surface area is 63.7 Å². The van der Waals surface area contributed by atoms with E-state index in [0.29, 0.717) is 16.2 Å². The molecular formula is C7H8O2S. The number of thioether (sulfide) groups is 1. The van der Waals surface area contributed by atoms with Gasteiger partial charge in [-0.3, -0.25) is 9.59 Å². The average Bonchev–Trinajstić information content (AvgIpc) is 2.14. The molecule has 10 heavy (non-hydrogen) atoms. The Morgan fingerprint density at radius 1 is 1.60 bits per heavy atom. The van der Waals surface area contributed by atoms with Gasteiger partial charge >= 0.3 is 0 Å². The van der Waals surface area contributed by atoms with Crippen LogP contribution in [-0.4, -0.2) is 17.3 Å². The van der Waals surface area contributed by atoms with E-state index in [2.05, 4.69) is 0 Å². The van der Waals surface area contributed by atoms with Gasteiger partial charge in [0.05, 0.1) is 10.7 Å². The summed E-state index contributed by atoms with van der Waals surface area (Å²) in [5.41, 5.74) is 0.637. The molecule has 1 rings (SSSR count). The third kappa shape index (κ3) is 1.14. The second kappa shape index (κ2) is 2.58. The van der Waals surface area contributed by atoms with E-state index in [1.165, 1.54) is 18.7 Å². The molecule has 0 saturated heterocycles. The predicted molar refractivity (Wildman–Crippen MR) is 40.8 cm³/mol. The van der Waals surface area contributed by atoms with Gasteiger partial charge in [0.1, 0.15) is 0 Å². The molecule has 0 bridgehead atoms. The fraction of sp³-hybridized carbons (Fsp3) is 0.429. The number of hydrogen-bond acceptors (Lipinski definition) is 3. The van der Waals surface area contributed by atoms with E-state index in [1.807, 2.05) is 0 Å². The maximum Gasteiger partial charge on any atom is 0.170 e. The molecule has 0 unspecified atom stereocenters. The third-order valence-corrected chi connectivity index (χ3v) is 2.72. The Bertz CT molecular complexity index is 228. The minimum absolute atomic E-state index is 0.00773. The van der Waals surface area contributed by atoms with Gasteiger partial charge in [0.25, 0.3) is 0 Å². The maximum atomic E-state index is 10.9. The van der Waals surface area contributed by atoms with Crippen molar-refractivity contribution in [2.45, 2.75) is 13.8 Å². The van der Waals surface area contributed by atoms with Crippen LogP contribution in [0.2, 0.25) is 0 Å². The molecule has 2 nitrogen and oxygen atoms in total. The molecule has 0 atom stereocenters. The fourth-order valence-electron chi connectivity index (χ4n) is 0.847. The first kappa shape index (κ1) is 7.54. The van der Waals surface area contributed by atoms with Crippen molar-refractivity contribution >= 4 is 23.3 Å². The predicted octanol–water partition coefficient (Wildman–Crippen LogP) is 1.17. The average molecular weight is 156 g/mol. The standard InChI is InChI=1S/C7H8O2S/c1-4-6(9)3-10-7(4)5(2)8/h3H2,1-2H3. The highest BCUT2D eigenvalue weighted by Crippen LogP contribution is 2.28. The highest BCUT2D eigenvalue weighted by atomic mass is 32.2. The molecule has 0 spiro atoms. The van der Waals surface area contributed by atoms with Gasteiger partial charge in [0.2, 0.25) is 0 Å². The summed E-state index contributed by atoms with van der Waals surface area (Å²) in [6.45, 7) is 3.20. The van der Waals surface area contributed by atoms with Gasteiger partial charge < -0.3 is 0 Å². The van der Waals surface area contributed by atoms with E-state index in [4.69, 9.17) is 0 Å². The molecule has 3 heteroatoms. The second-order valence-electron chi connectivity index (χ2n) is 2.22. The smallest absolute Gasteiger partial charge is 0.170 e. The van der Waals surface area contributed by atoms with Crippen LogP contribution in [0.25, 0.3) is 0 Å². The van der Waals surface area contributed by atoms with Gasteiger partial charge in [-0.05, 0) is 13.8 Å². The highest BCUT2D eigenvalue weighted by Gasteiger charge is 2.22. The Morgan fingerprint density at radius 2 is 2.20 bits per heavy atom. The first-order valence-electron chi connectivity index (χ1n) is 3.00. The van der Waals surface area contributed by atoms with E-state index in [-0.39, 0.29) is 11.6 Å². The molecule has 1 aliphatic heterocycles. The number of rotatable bonds is 1. The lowest BCUT2D eigenvalue weighted by Crippen LogP contribution is -1.97. The second-order valence-corrected chi connectivity index (χ2v) is 3.21. The quantitative estimate of drug-likeness (QED) is 0.571. The number of hydrogen-bond donors (Lipinski definition) is 0. The Hall–Kier alpha value is -0.570. The molecule has 0 aliphatic carbocycles. The lowest BCUT2D eigenvalue weighted by molar-refractivity contribution is -0.115. The van der Waals surface area contributed by atoms with Crippen LogP contribution in [0.1, 0.15) is 13.8 Å². The van der Waals surface area contributed by atoms with Crippen molar-refractivity contribution in [3.8, 4) is 0 Å². The van der Waals surface area contributed by atoms with Gasteiger partial charge in [-0.1, -0.05) is 0 Å². The van der Waals surface area contributed by atoms with Crippen LogP contribution in [0, 0.1) is 0 Å². The number of carbonyl (C=O) groups is 2. The number of carbonyl (C=O) groups excluding carboxylic acids is 2. The van der Waals surface area contributed by atoms with Crippen LogP contribution in [-0.2, 0) is 9.59 Å². The summed E-state index contributed by atoms with van der Waals surface area (Å²) in [5, 5.41) is 0. The lowest BCUT2D eigenvalue weighted by Gasteiger charge is -1.91. The van der Waals surface area contributed by atoms with Gasteiger partial charge in [-0.15, -0.1) is 11.8 Å². The zero-order chi connectivity index (χ0) is 7.72. The van der Waals surface area contributed by atoms with E-state index in [9.17, 15) is 9.59 Å². The summed E-state index contributed by atoms with van der Waals surface area (Å²) < 4.78 is 0. The Kier molecular flexibility index (Phi) is 1.94. The molecule has 0 fully saturated rings. The third-order valence-electron chi connectivity index (χ3n) is 1.43. The zero-order valence-electron chi connectivity index (χ0n) is 5.93. The fourth-order valence-corrected chi connectivity index (χ4v) is 1.87. The van der Waals surface area contributed by atoms with Crippen LogP contribution in [0.4, 0.5) is 0 Å². The van der Waals surface area contributed by atoms with Gasteiger partial charge in [0, 0.05) is 5.57 Å². The zero-order valence-corrected chi connectivity index (χ0v) is 6.75. The number of Topliss-reactive ketones (excluding diaryl/α,β-unsaturated/α-hetero) is 2. The van der Waals surface area contributed by atoms with Crippen molar-refractivity contribution in [1.82, 2.24) is 0 Å². The van der Waals surface area contributed by atoms with Crippen LogP contribution in [0.3, 0.4) is 0 Å². The summed E-state index contributed by atoms with van der Waals surface area (Å²) in [4.78, 5) is 22.3. The summed E-state index contributed by atoms with van der Waals surface area (Å²) in [7, 11) is 0. The van der Waals surface area contributed by atoms with Crippen LogP contribution in [0.15, 0.2) is 10.5 Å². The number of ketones is 2. The molecule has 1 aliphatic rings. The van der Waals surface area contributed by atoms with Crippen molar-refractivity contribution in [2.24, 2.45) is 0 Å². The lowest BCUT2D eigenvalue weighted by atomic mass is 10.2. The molecule has 0 saturated carbocycles. The Morgan fingerprint density at radius 3 is 2.40 bits per heavy atom. The maximum absolute atomic E-state index is 10.9. The van der Waals surface area contributed by atoms with Crippen LogP contribution < -0.4 is 0 Å². The summed E-state index contributed by atoms with van der Waals surface area (Å²) in [6, 6.07) is 0. The number of allylic oxidation sites excluding steroid dienone is 2. The van der Waals surface area contributed by atoms with E-state index < -0.39 is 0 Å². The molecule has 1 heterocycles. The van der Waals surface area contributed by atoms with Gasteiger partial charge in [-0.2, -0.15) is 0 Å². The first-order valence-corrected chi connectivity index (χ1v) is 3.99. The topological polar surface area (TPSA) is 34.1 Å². The van der Waals surface area contributed by atoms with Gasteiger partial charge in [-0.25, -0.2) is 0 Å². The molecule has 0 radical (unpaired) electrons. The van der Waals surface area contributed by atoms with Crippen molar-refractivity contribution in [2.75, 3.05) is 5.75 Å². The molecule has 0 aromatic heterocycles. The van der Waals surface area contributed by atoms with E-state index >= 15 is 0 Å². The molecular weight excluding hydrogens is 148 g/mol. The minimum Gasteiger partial charge on any atom is -0.294 e. The van der Waals surface area contributed by atoms with E-state index in [0.717, 1.165) is 0 Å². The minimum atomic E-state index is 0.00773. The molecule has 54 valence electrons. The van der Waals surface area contributed by atoms with Gasteiger partial charge in [0.15, 0.2) is 11.6 Å². The van der Waals surface area contributed by atoms with E-state index in [1.54, 1.807) is 6.92 Å². The molecule has 0 aromatic rings. The summed E-state index contributed by atoms with van der Waals surface area (Å²) in [5.74, 6) is 0.546. The summed E-state index contributed by atoms with van der Waals surface area (Å²) in [6.07, 6.45) is 0. The monoisotopic (exact) mass is 156 g/mol. The SMILES string of the molecule is CC(=O)C1=C(C)C(=O)CS1. The van der Waals surface area contributed by atoms with Crippen molar-refractivity contribution in [1.29, 1.82) is 0 Å². The van der Waals surface area contributed by atoms with Crippen molar-refractivity contribution in [3.63, 3.8) is 0 Å². The van der Waals surface area contributed by atoms with Crippen molar-refractivity contribution in [3.05, 3.63) is 10.5 Å². The van der Waals surface area contributed by atoms with Crippen molar-refractivity contribution < 1.29 is 9.59 Å². The highest BCUT2D eigenvalue weighted by molar-refractivity contribution is 8.05. The summed E-state index contributed by atoms with van der Waals surface area (Å²) >= 11 is 1.35. The normalized spacial score (nSPS) is 18.4. The van der Waals surface area contributed by atoms with Crippen LogP contribution >= 0.6 is 11.8 Å².